The van der Waals surface area contributed by atoms with Crippen molar-refractivity contribution in [3.8, 4) is 0 Å². The number of carboxylic acid groups (broad SMARTS) is 3. The molecule has 0 aromatic heterocycles. The van der Waals surface area contributed by atoms with Gasteiger partial charge in [-0.1, -0.05) is 0 Å². The molecule has 0 spiro atoms. The summed E-state index contributed by atoms with van der Waals surface area (Å²) in [6, 6.07) is -6.13. The molecule has 0 aromatic carbocycles. The Morgan fingerprint density at radius 2 is 1.44 bits per heavy atom. The van der Waals surface area contributed by atoms with Gasteiger partial charge in [0.15, 0.2) is 0 Å². The number of carboxylic acids is 3. The number of hydrogen-bond acceptors (Lipinski definition) is 8. The first kappa shape index (κ1) is 26.3. The Hall–Kier alpha value is -3.75. The topological polar surface area (TPSA) is 260 Å². The summed E-state index contributed by atoms with van der Waals surface area (Å²) in [5.41, 5.74) is 10.5. The van der Waals surface area contributed by atoms with Crippen molar-refractivity contribution >= 4 is 41.5 Å². The van der Waals surface area contributed by atoms with Crippen LogP contribution in [-0.4, -0.2) is 92.5 Å². The van der Waals surface area contributed by atoms with Crippen LogP contribution in [0.25, 0.3) is 0 Å². The Morgan fingerprint density at radius 1 is 0.875 bits per heavy atom. The maximum atomic E-state index is 12.8. The molecule has 15 nitrogen and oxygen atoms in total. The minimum Gasteiger partial charge on any atom is -0.481 e. The molecular weight excluding hydrogens is 434 g/mol. The van der Waals surface area contributed by atoms with Crippen molar-refractivity contribution in [3.05, 3.63) is 0 Å². The second-order valence-corrected chi connectivity index (χ2v) is 7.12. The van der Waals surface area contributed by atoms with Crippen LogP contribution >= 0.6 is 0 Å². The number of nitrogens with one attached hydrogen (secondary N) is 2. The number of amides is 4. The zero-order valence-corrected chi connectivity index (χ0v) is 16.9. The molecule has 1 saturated heterocycles. The second kappa shape index (κ2) is 11.6. The van der Waals surface area contributed by atoms with E-state index in [0.717, 1.165) is 4.90 Å². The fraction of sp³-hybridized carbons (Fsp3) is 0.588. The summed E-state index contributed by atoms with van der Waals surface area (Å²) in [7, 11) is 0. The zero-order chi connectivity index (χ0) is 24.6. The van der Waals surface area contributed by atoms with E-state index in [0.29, 0.717) is 6.42 Å². The van der Waals surface area contributed by atoms with Crippen LogP contribution in [0.3, 0.4) is 0 Å². The summed E-state index contributed by atoms with van der Waals surface area (Å²) < 4.78 is 0. The van der Waals surface area contributed by atoms with Crippen molar-refractivity contribution in [2.75, 3.05) is 6.54 Å². The first-order valence-corrected chi connectivity index (χ1v) is 9.45. The number of rotatable bonds is 12. The lowest BCUT2D eigenvalue weighted by molar-refractivity contribution is -0.150. The van der Waals surface area contributed by atoms with Gasteiger partial charge < -0.3 is 42.3 Å². The van der Waals surface area contributed by atoms with E-state index in [1.165, 1.54) is 0 Å². The summed E-state index contributed by atoms with van der Waals surface area (Å²) in [5.74, 6) is -8.42. The number of nitrogens with zero attached hydrogens (tertiary/aromatic N) is 1. The summed E-state index contributed by atoms with van der Waals surface area (Å²) in [6.07, 6.45) is -1.91. The Kier molecular flexibility index (Phi) is 9.52. The maximum Gasteiger partial charge on any atom is 0.326 e. The Labute approximate surface area is 181 Å². The van der Waals surface area contributed by atoms with Gasteiger partial charge in [-0.3, -0.25) is 28.8 Å². The molecule has 1 aliphatic heterocycles. The van der Waals surface area contributed by atoms with Crippen LogP contribution in [0.5, 0.6) is 0 Å². The molecule has 1 heterocycles. The van der Waals surface area contributed by atoms with Crippen molar-refractivity contribution < 1.29 is 48.9 Å². The molecule has 32 heavy (non-hydrogen) atoms. The number of aliphatic carboxylic acids is 3. The van der Waals surface area contributed by atoms with Crippen molar-refractivity contribution in [3.63, 3.8) is 0 Å². The molecule has 4 atom stereocenters. The van der Waals surface area contributed by atoms with Gasteiger partial charge in [-0.15, -0.1) is 0 Å². The number of primary amides is 1. The minimum absolute atomic E-state index is 0.0558. The SMILES string of the molecule is NC(=O)CC(NC(=O)C(CC(=O)O)NC(=O)C(N)CC(=O)O)C(=O)N1CCCC1C(=O)O. The molecule has 0 saturated carbocycles. The largest absolute Gasteiger partial charge is 0.481 e. The van der Waals surface area contributed by atoms with Crippen molar-refractivity contribution in [1.82, 2.24) is 15.5 Å². The van der Waals surface area contributed by atoms with E-state index < -0.39 is 85.0 Å². The Bertz CT molecular complexity index is 801. The quantitative estimate of drug-likeness (QED) is 0.149. The molecule has 9 N–H and O–H groups in total. The first-order valence-electron chi connectivity index (χ1n) is 9.45. The van der Waals surface area contributed by atoms with Crippen LogP contribution in [-0.2, 0) is 33.6 Å². The minimum atomic E-state index is -1.77. The van der Waals surface area contributed by atoms with E-state index in [1.807, 2.05) is 5.32 Å². The third kappa shape index (κ3) is 7.82. The highest BCUT2D eigenvalue weighted by molar-refractivity contribution is 5.97. The Morgan fingerprint density at radius 3 is 1.94 bits per heavy atom. The lowest BCUT2D eigenvalue weighted by Gasteiger charge is -2.28. The van der Waals surface area contributed by atoms with Gasteiger partial charge in [-0.05, 0) is 12.8 Å². The highest BCUT2D eigenvalue weighted by Gasteiger charge is 2.39. The summed E-state index contributed by atoms with van der Waals surface area (Å²) in [6.45, 7) is 0.0558. The third-order valence-corrected chi connectivity index (χ3v) is 4.58. The number of carbonyl (C=O) groups is 7. The van der Waals surface area contributed by atoms with Crippen molar-refractivity contribution in [2.45, 2.75) is 56.3 Å². The molecule has 1 fully saturated rings. The van der Waals surface area contributed by atoms with E-state index in [-0.39, 0.29) is 13.0 Å². The van der Waals surface area contributed by atoms with Crippen LogP contribution in [0.15, 0.2) is 0 Å². The Balaban J connectivity index is 3.02. The molecule has 4 unspecified atom stereocenters. The molecular formula is C17H25N5O10. The fourth-order valence-corrected chi connectivity index (χ4v) is 3.10. The van der Waals surface area contributed by atoms with Gasteiger partial charge in [0.1, 0.15) is 18.1 Å². The maximum absolute atomic E-state index is 12.8. The van der Waals surface area contributed by atoms with E-state index in [9.17, 15) is 38.7 Å². The smallest absolute Gasteiger partial charge is 0.326 e. The summed E-state index contributed by atoms with van der Waals surface area (Å²) in [4.78, 5) is 82.9. The van der Waals surface area contributed by atoms with Gasteiger partial charge in [0.25, 0.3) is 0 Å². The zero-order valence-electron chi connectivity index (χ0n) is 16.9. The average Bonchev–Trinajstić information content (AvgIpc) is 3.15. The number of hydrogen-bond donors (Lipinski definition) is 7. The second-order valence-electron chi connectivity index (χ2n) is 7.12. The van der Waals surface area contributed by atoms with Crippen LogP contribution in [0.2, 0.25) is 0 Å². The summed E-state index contributed by atoms with van der Waals surface area (Å²) in [5, 5.41) is 31.1. The molecule has 0 aliphatic carbocycles. The molecule has 0 radical (unpaired) electrons. The highest BCUT2D eigenvalue weighted by Crippen LogP contribution is 2.19. The number of likely N-dealkylation sites (tertiary alicyclic amines) is 1. The average molecular weight is 459 g/mol. The van der Waals surface area contributed by atoms with Gasteiger partial charge in [-0.25, -0.2) is 4.79 Å². The predicted molar refractivity (Wildman–Crippen MR) is 103 cm³/mol. The normalized spacial score (nSPS) is 18.2. The van der Waals surface area contributed by atoms with E-state index in [1.54, 1.807) is 0 Å². The van der Waals surface area contributed by atoms with Crippen LogP contribution in [0.1, 0.15) is 32.1 Å². The van der Waals surface area contributed by atoms with Gasteiger partial charge in [0.2, 0.25) is 23.6 Å². The molecule has 0 aromatic rings. The molecule has 1 aliphatic rings. The standard InChI is InChI=1S/C17H25N5O10/c18-7(4-12(24)25)14(28)20-8(6-13(26)27)15(29)21-9(5-11(19)23)16(30)22-3-1-2-10(22)17(31)32/h7-10H,1-6,18H2,(H2,19,23)(H,20,28)(H,21,29)(H,24,25)(H,26,27)(H,31,32). The monoisotopic (exact) mass is 459 g/mol. The fourth-order valence-electron chi connectivity index (χ4n) is 3.10. The highest BCUT2D eigenvalue weighted by atomic mass is 16.4. The van der Waals surface area contributed by atoms with Gasteiger partial charge in [-0.2, -0.15) is 0 Å². The van der Waals surface area contributed by atoms with Gasteiger partial charge in [0.05, 0.1) is 25.3 Å². The van der Waals surface area contributed by atoms with Crippen molar-refractivity contribution in [1.29, 1.82) is 0 Å². The first-order chi connectivity index (χ1) is 14.8. The lowest BCUT2D eigenvalue weighted by Crippen LogP contribution is -2.58. The van der Waals surface area contributed by atoms with Gasteiger partial charge >= 0.3 is 17.9 Å². The van der Waals surface area contributed by atoms with Crippen LogP contribution in [0.4, 0.5) is 0 Å². The number of carbonyl (C=O) groups excluding carboxylic acids is 4. The summed E-state index contributed by atoms with van der Waals surface area (Å²) >= 11 is 0. The predicted octanol–water partition coefficient (Wildman–Crippen LogP) is -3.82. The number of nitrogens with two attached hydrogens (primary N) is 2. The van der Waals surface area contributed by atoms with Crippen molar-refractivity contribution in [2.24, 2.45) is 11.5 Å². The molecule has 0 bridgehead atoms. The lowest BCUT2D eigenvalue weighted by atomic mass is 10.1. The van der Waals surface area contributed by atoms with Crippen LogP contribution < -0.4 is 22.1 Å². The molecule has 15 heteroatoms. The van der Waals surface area contributed by atoms with E-state index >= 15 is 0 Å². The molecule has 1 rings (SSSR count). The third-order valence-electron chi connectivity index (χ3n) is 4.58. The molecule has 178 valence electrons. The van der Waals surface area contributed by atoms with Gasteiger partial charge in [0, 0.05) is 6.54 Å². The van der Waals surface area contributed by atoms with E-state index in [4.69, 9.17) is 21.7 Å². The van der Waals surface area contributed by atoms with E-state index in [2.05, 4.69) is 5.32 Å². The van der Waals surface area contributed by atoms with Crippen LogP contribution in [0, 0.1) is 0 Å². The molecule has 4 amide bonds.